The smallest absolute Gasteiger partial charge is 0.337 e. The Labute approximate surface area is 161 Å². The van der Waals surface area contributed by atoms with Gasteiger partial charge < -0.3 is 9.47 Å². The van der Waals surface area contributed by atoms with Gasteiger partial charge in [0.1, 0.15) is 0 Å². The average molecular weight is 377 g/mol. The van der Waals surface area contributed by atoms with Gasteiger partial charge in [-0.1, -0.05) is 31.2 Å². The third-order valence-electron chi connectivity index (χ3n) is 5.48. The lowest BCUT2D eigenvalue weighted by molar-refractivity contribution is -0.288. The van der Waals surface area contributed by atoms with Crippen molar-refractivity contribution in [1.82, 2.24) is 5.06 Å². The van der Waals surface area contributed by atoms with E-state index < -0.39 is 29.1 Å². The Bertz CT molecular complexity index is 663. The maximum Gasteiger partial charge on any atom is 0.337 e. The first-order chi connectivity index (χ1) is 12.6. The standard InChI is InChI=1S/C21H31NO5/c1-8-14(18(23)25-6)13-17(19(24)26-7)27-22-20(2,3)15-11-9-10-12-16(15)21(22,4)5/h9-12,14,17H,8,13H2,1-7H3. The number of rotatable bonds is 7. The second-order valence-electron chi connectivity index (χ2n) is 7.94. The van der Waals surface area contributed by atoms with Gasteiger partial charge in [0.2, 0.25) is 0 Å². The van der Waals surface area contributed by atoms with Crippen molar-refractivity contribution in [1.29, 1.82) is 0 Å². The van der Waals surface area contributed by atoms with Gasteiger partial charge in [0.15, 0.2) is 6.10 Å². The quantitative estimate of drug-likeness (QED) is 0.677. The summed E-state index contributed by atoms with van der Waals surface area (Å²) in [5.41, 5.74) is 1.41. The van der Waals surface area contributed by atoms with Crippen LogP contribution in [0.3, 0.4) is 0 Å². The van der Waals surface area contributed by atoms with E-state index in [2.05, 4.69) is 39.8 Å². The van der Waals surface area contributed by atoms with Crippen LogP contribution in [0.4, 0.5) is 0 Å². The zero-order valence-electron chi connectivity index (χ0n) is 17.4. The van der Waals surface area contributed by atoms with E-state index in [0.29, 0.717) is 6.42 Å². The van der Waals surface area contributed by atoms with E-state index in [1.807, 2.05) is 24.1 Å². The van der Waals surface area contributed by atoms with Gasteiger partial charge in [0.25, 0.3) is 0 Å². The molecule has 0 aliphatic carbocycles. The van der Waals surface area contributed by atoms with E-state index in [1.54, 1.807) is 0 Å². The summed E-state index contributed by atoms with van der Waals surface area (Å²) in [5, 5.41) is 1.86. The lowest BCUT2D eigenvalue weighted by atomic mass is 9.91. The van der Waals surface area contributed by atoms with E-state index >= 15 is 0 Å². The van der Waals surface area contributed by atoms with E-state index in [1.165, 1.54) is 14.2 Å². The number of hydroxylamine groups is 2. The molecule has 6 heteroatoms. The molecule has 27 heavy (non-hydrogen) atoms. The van der Waals surface area contributed by atoms with Crippen molar-refractivity contribution >= 4 is 11.9 Å². The van der Waals surface area contributed by atoms with Crippen LogP contribution in [0.1, 0.15) is 58.6 Å². The third-order valence-corrected chi connectivity index (χ3v) is 5.48. The molecule has 1 aliphatic heterocycles. The van der Waals surface area contributed by atoms with Gasteiger partial charge in [-0.05, 0) is 51.7 Å². The van der Waals surface area contributed by atoms with Crippen molar-refractivity contribution in [3.63, 3.8) is 0 Å². The fraction of sp³-hybridized carbons (Fsp3) is 0.619. The number of carbonyl (C=O) groups is 2. The molecular weight excluding hydrogens is 346 g/mol. The minimum Gasteiger partial charge on any atom is -0.469 e. The highest BCUT2D eigenvalue weighted by molar-refractivity contribution is 5.77. The van der Waals surface area contributed by atoms with Crippen LogP contribution in [0.5, 0.6) is 0 Å². The highest BCUT2D eigenvalue weighted by Crippen LogP contribution is 2.49. The van der Waals surface area contributed by atoms with Crippen LogP contribution in [0, 0.1) is 5.92 Å². The Balaban J connectivity index is 2.35. The molecule has 0 fully saturated rings. The number of benzene rings is 1. The van der Waals surface area contributed by atoms with Crippen LogP contribution < -0.4 is 0 Å². The van der Waals surface area contributed by atoms with Gasteiger partial charge >= 0.3 is 11.9 Å². The largest absolute Gasteiger partial charge is 0.469 e. The molecule has 0 spiro atoms. The molecule has 0 radical (unpaired) electrons. The Morgan fingerprint density at radius 2 is 1.44 bits per heavy atom. The van der Waals surface area contributed by atoms with E-state index in [0.717, 1.165) is 11.1 Å². The van der Waals surface area contributed by atoms with Gasteiger partial charge in [-0.25, -0.2) is 4.79 Å². The SMILES string of the molecule is CCC(CC(ON1C(C)(C)c2ccccc2C1(C)C)C(=O)OC)C(=O)OC. The molecule has 0 bridgehead atoms. The minimum absolute atomic E-state index is 0.203. The number of ether oxygens (including phenoxy) is 2. The lowest BCUT2D eigenvalue weighted by Crippen LogP contribution is -2.49. The molecular formula is C21H31NO5. The van der Waals surface area contributed by atoms with E-state index in [9.17, 15) is 9.59 Å². The predicted molar refractivity (Wildman–Crippen MR) is 102 cm³/mol. The van der Waals surface area contributed by atoms with Crippen LogP contribution >= 0.6 is 0 Å². The molecule has 6 nitrogen and oxygen atoms in total. The summed E-state index contributed by atoms with van der Waals surface area (Å²) in [6.07, 6.45) is -0.141. The first kappa shape index (κ1) is 21.4. The van der Waals surface area contributed by atoms with Gasteiger partial charge in [-0.3, -0.25) is 9.63 Å². The van der Waals surface area contributed by atoms with Crippen LogP contribution in [-0.2, 0) is 35.0 Å². The minimum atomic E-state index is -0.896. The molecule has 1 aromatic carbocycles. The summed E-state index contributed by atoms with van der Waals surface area (Å²) in [7, 11) is 2.68. The number of hydrogen-bond acceptors (Lipinski definition) is 6. The van der Waals surface area contributed by atoms with Gasteiger partial charge in [0, 0.05) is 0 Å². The summed E-state index contributed by atoms with van der Waals surface area (Å²) in [4.78, 5) is 30.7. The Kier molecular flexibility index (Phi) is 6.32. The summed E-state index contributed by atoms with van der Waals surface area (Å²) >= 11 is 0. The number of fused-ring (bicyclic) bond motifs is 1. The third kappa shape index (κ3) is 3.87. The van der Waals surface area contributed by atoms with Crippen molar-refractivity contribution < 1.29 is 23.9 Å². The van der Waals surface area contributed by atoms with Crippen LogP contribution in [0.15, 0.2) is 24.3 Å². The zero-order valence-corrected chi connectivity index (χ0v) is 17.4. The predicted octanol–water partition coefficient (Wildman–Crippen LogP) is 3.53. The summed E-state index contributed by atoms with van der Waals surface area (Å²) in [5.74, 6) is -1.28. The second-order valence-corrected chi connectivity index (χ2v) is 7.94. The number of esters is 2. The fourth-order valence-corrected chi connectivity index (χ4v) is 4.03. The molecule has 0 amide bonds. The Morgan fingerprint density at radius 3 is 1.85 bits per heavy atom. The van der Waals surface area contributed by atoms with Crippen molar-refractivity contribution in [2.45, 2.75) is 64.6 Å². The lowest BCUT2D eigenvalue weighted by Gasteiger charge is -2.41. The van der Waals surface area contributed by atoms with Crippen molar-refractivity contribution in [3.05, 3.63) is 35.4 Å². The molecule has 0 aromatic heterocycles. The van der Waals surface area contributed by atoms with Gasteiger partial charge in [0.05, 0.1) is 31.2 Å². The van der Waals surface area contributed by atoms with E-state index in [4.69, 9.17) is 14.3 Å². The molecule has 1 aromatic rings. The van der Waals surface area contributed by atoms with Gasteiger partial charge in [-0.15, -0.1) is 0 Å². The number of methoxy groups -OCH3 is 2. The maximum atomic E-state index is 12.4. The molecule has 2 rings (SSSR count). The monoisotopic (exact) mass is 377 g/mol. The molecule has 2 unspecified atom stereocenters. The summed E-state index contributed by atoms with van der Waals surface area (Å²) < 4.78 is 9.81. The maximum absolute atomic E-state index is 12.4. The topological polar surface area (TPSA) is 65.1 Å². The molecule has 150 valence electrons. The van der Waals surface area contributed by atoms with Gasteiger partial charge in [-0.2, -0.15) is 5.06 Å². The average Bonchev–Trinajstić information content (AvgIpc) is 2.80. The van der Waals surface area contributed by atoms with Crippen LogP contribution in [0.25, 0.3) is 0 Å². The van der Waals surface area contributed by atoms with Crippen LogP contribution in [0.2, 0.25) is 0 Å². The molecule has 0 saturated heterocycles. The van der Waals surface area contributed by atoms with Crippen LogP contribution in [-0.4, -0.2) is 37.3 Å². The second kappa shape index (κ2) is 7.98. The number of carbonyl (C=O) groups excluding carboxylic acids is 2. The van der Waals surface area contributed by atoms with Crippen molar-refractivity contribution in [2.75, 3.05) is 14.2 Å². The molecule has 0 N–H and O–H groups in total. The van der Waals surface area contributed by atoms with E-state index in [-0.39, 0.29) is 12.4 Å². The Morgan fingerprint density at radius 1 is 0.963 bits per heavy atom. The highest BCUT2D eigenvalue weighted by atomic mass is 16.7. The molecule has 0 saturated carbocycles. The number of hydrogen-bond donors (Lipinski definition) is 0. The Hall–Kier alpha value is -1.92. The molecule has 1 aliphatic rings. The first-order valence-electron chi connectivity index (χ1n) is 9.34. The molecule has 2 atom stereocenters. The fourth-order valence-electron chi connectivity index (χ4n) is 4.03. The summed E-state index contributed by atoms with van der Waals surface area (Å²) in [6, 6.07) is 8.17. The first-order valence-corrected chi connectivity index (χ1v) is 9.34. The summed E-state index contributed by atoms with van der Waals surface area (Å²) in [6.45, 7) is 10.1. The number of nitrogens with zero attached hydrogens (tertiary/aromatic N) is 1. The molecule has 1 heterocycles. The zero-order chi connectivity index (χ0) is 20.4. The van der Waals surface area contributed by atoms with Crippen molar-refractivity contribution in [3.8, 4) is 0 Å². The highest BCUT2D eigenvalue weighted by Gasteiger charge is 2.51. The van der Waals surface area contributed by atoms with Crippen molar-refractivity contribution in [2.24, 2.45) is 5.92 Å². The normalized spacial score (nSPS) is 19.8.